The second-order valence-electron chi connectivity index (χ2n) is 17.5. The molecule has 3 heterocycles. The third-order valence-corrected chi connectivity index (χ3v) is 11.1. The number of morpholine rings is 1. The molecule has 0 saturated carbocycles. The van der Waals surface area contributed by atoms with Gasteiger partial charge in [0.25, 0.3) is 11.8 Å². The highest BCUT2D eigenvalue weighted by Gasteiger charge is 2.43. The molecule has 0 radical (unpaired) electrons. The molecule has 65 heavy (non-hydrogen) atoms. The molecule has 4 atom stereocenters. The summed E-state index contributed by atoms with van der Waals surface area (Å²) in [6.07, 6.45) is 1.90. The molecule has 5 rings (SSSR count). The zero-order valence-electron chi connectivity index (χ0n) is 38.1. The molecule has 0 bridgehead atoms. The zero-order valence-corrected chi connectivity index (χ0v) is 38.1. The number of carbonyl (C=O) groups is 7. The fourth-order valence-corrected chi connectivity index (χ4v) is 7.88. The number of nitrogens with two attached hydrogens (primary N) is 1. The highest BCUT2D eigenvalue weighted by molar-refractivity contribution is 5.95. The van der Waals surface area contributed by atoms with Gasteiger partial charge in [-0.15, -0.1) is 0 Å². The number of amides is 6. The number of esters is 1. The maximum absolute atomic E-state index is 14.3. The summed E-state index contributed by atoms with van der Waals surface area (Å²) in [7, 11) is 1.69. The number of nitrogens with zero attached hydrogens (tertiary/aromatic N) is 4. The minimum absolute atomic E-state index is 0.00331. The van der Waals surface area contributed by atoms with Crippen molar-refractivity contribution in [1.29, 1.82) is 0 Å². The van der Waals surface area contributed by atoms with Crippen molar-refractivity contribution >= 4 is 47.1 Å². The topological polar surface area (TPSA) is 224 Å². The van der Waals surface area contributed by atoms with Gasteiger partial charge in [-0.1, -0.05) is 30.3 Å². The van der Waals surface area contributed by atoms with Gasteiger partial charge < -0.3 is 50.3 Å². The smallest absolute Gasteiger partial charge is 0.303 e. The van der Waals surface area contributed by atoms with Gasteiger partial charge in [0.05, 0.1) is 32.1 Å². The van der Waals surface area contributed by atoms with Crippen LogP contribution in [0.4, 0.5) is 5.69 Å². The Kier molecular flexibility index (Phi) is 18.1. The summed E-state index contributed by atoms with van der Waals surface area (Å²) < 4.78 is 18.9. The molecule has 2 aliphatic rings. The van der Waals surface area contributed by atoms with Gasteiger partial charge in [0.1, 0.15) is 17.8 Å². The van der Waals surface area contributed by atoms with E-state index in [0.717, 1.165) is 58.4 Å². The highest BCUT2D eigenvalue weighted by Crippen LogP contribution is 2.23. The van der Waals surface area contributed by atoms with Crippen molar-refractivity contribution in [3.05, 3.63) is 84.2 Å². The minimum atomic E-state index is -1.58. The van der Waals surface area contributed by atoms with E-state index in [4.69, 9.17) is 19.9 Å². The number of ether oxygens (including phenoxy) is 3. The van der Waals surface area contributed by atoms with Crippen LogP contribution in [-0.2, 0) is 62.4 Å². The molecule has 2 saturated heterocycles. The van der Waals surface area contributed by atoms with E-state index in [1.807, 2.05) is 39.1 Å². The lowest BCUT2D eigenvalue weighted by Gasteiger charge is -2.34. The van der Waals surface area contributed by atoms with Crippen molar-refractivity contribution in [2.24, 2.45) is 5.73 Å². The van der Waals surface area contributed by atoms with Crippen LogP contribution in [0.3, 0.4) is 0 Å². The fourth-order valence-electron chi connectivity index (χ4n) is 7.88. The molecule has 0 spiro atoms. The van der Waals surface area contributed by atoms with E-state index in [2.05, 4.69) is 25.4 Å². The summed E-state index contributed by atoms with van der Waals surface area (Å²) in [5.41, 5.74) is 7.15. The first-order valence-electron chi connectivity index (χ1n) is 22.1. The summed E-state index contributed by atoms with van der Waals surface area (Å²) in [5.74, 6) is -4.17. The Morgan fingerprint density at radius 1 is 0.908 bits per heavy atom. The first-order valence-corrected chi connectivity index (χ1v) is 22.1. The second-order valence-corrected chi connectivity index (χ2v) is 17.5. The van der Waals surface area contributed by atoms with Crippen LogP contribution in [0.15, 0.2) is 72.9 Å². The minimum Gasteiger partial charge on any atom is -0.484 e. The predicted octanol–water partition coefficient (Wildman–Crippen LogP) is 1.72. The Balaban J connectivity index is 1.20. The molecule has 6 amide bonds. The monoisotopic (exact) mass is 900 g/mol. The number of likely N-dealkylation sites (N-methyl/N-ethyl adjacent to an activating group) is 1. The molecule has 2 aromatic carbocycles. The third-order valence-electron chi connectivity index (χ3n) is 11.1. The Morgan fingerprint density at radius 2 is 1.62 bits per heavy atom. The average Bonchev–Trinajstić information content (AvgIpc) is 3.94. The van der Waals surface area contributed by atoms with E-state index in [1.165, 1.54) is 4.90 Å². The number of likely N-dealkylation sites (tertiary alicyclic amines) is 1. The van der Waals surface area contributed by atoms with Gasteiger partial charge in [0.15, 0.2) is 6.61 Å². The number of carbonyl (C=O) groups excluding carboxylic acids is 7. The van der Waals surface area contributed by atoms with Gasteiger partial charge >= 0.3 is 5.97 Å². The van der Waals surface area contributed by atoms with Crippen LogP contribution in [0, 0.1) is 0 Å². The van der Waals surface area contributed by atoms with Crippen LogP contribution < -0.4 is 31.3 Å². The lowest BCUT2D eigenvalue weighted by molar-refractivity contribution is -0.162. The lowest BCUT2D eigenvalue weighted by atomic mass is 9.98. The number of hydrogen-bond acceptors (Lipinski definition) is 11. The van der Waals surface area contributed by atoms with Crippen molar-refractivity contribution in [1.82, 2.24) is 30.3 Å². The standard InChI is InChI=1S/C47H64N8O10/c1-32(56)65-43(46(62)55-23-10-15-39(55)45(61)51-47(2,3)4)37(28-33-12-7-6-8-13-33)50-44(60)38(30-40(48)57)49-41(58)31-64-36-18-16-34(17-19-36)52(5)42(59)29-35-14-9-21-54(35)22-11-20-53-24-26-63-27-25-53/h6-9,12-14,16-19,21,37-39,43H,10-11,15,20,22-31H2,1-5H3,(H2,48,57)(H,49,58)(H,50,60)(H,51,61)/t37?,38-,39-,43?/m0/s1. The number of aromatic nitrogens is 1. The van der Waals surface area contributed by atoms with E-state index in [0.29, 0.717) is 29.8 Å². The second kappa shape index (κ2) is 23.6. The van der Waals surface area contributed by atoms with Crippen molar-refractivity contribution in [2.45, 2.75) is 103 Å². The summed E-state index contributed by atoms with van der Waals surface area (Å²) in [6, 6.07) is 15.8. The normalized spacial score (nSPS) is 16.7. The number of rotatable bonds is 21. The van der Waals surface area contributed by atoms with Crippen molar-refractivity contribution in [3.63, 3.8) is 0 Å². The fraction of sp³-hybridized carbons (Fsp3) is 0.511. The first kappa shape index (κ1) is 49.7. The van der Waals surface area contributed by atoms with Crippen LogP contribution in [0.25, 0.3) is 0 Å². The van der Waals surface area contributed by atoms with Gasteiger partial charge in [-0.25, -0.2) is 0 Å². The molecule has 5 N–H and O–H groups in total. The maximum Gasteiger partial charge on any atom is 0.303 e. The molecule has 2 unspecified atom stereocenters. The molecule has 1 aromatic heterocycles. The largest absolute Gasteiger partial charge is 0.484 e. The Labute approximate surface area is 380 Å². The summed E-state index contributed by atoms with van der Waals surface area (Å²) in [6.45, 7) is 11.4. The van der Waals surface area contributed by atoms with Crippen molar-refractivity contribution < 1.29 is 47.8 Å². The van der Waals surface area contributed by atoms with Crippen LogP contribution >= 0.6 is 0 Å². The van der Waals surface area contributed by atoms with Crippen LogP contribution in [-0.4, -0.2) is 139 Å². The summed E-state index contributed by atoms with van der Waals surface area (Å²) in [5, 5.41) is 8.15. The zero-order chi connectivity index (χ0) is 47.1. The number of anilines is 1. The van der Waals surface area contributed by atoms with Gasteiger partial charge in [0, 0.05) is 69.8 Å². The molecule has 2 aliphatic heterocycles. The summed E-state index contributed by atoms with van der Waals surface area (Å²) >= 11 is 0. The molecular weight excluding hydrogens is 837 g/mol. The Hall–Kier alpha value is -6.27. The van der Waals surface area contributed by atoms with Crippen LogP contribution in [0.5, 0.6) is 5.75 Å². The quantitative estimate of drug-likeness (QED) is 0.113. The molecule has 2 fully saturated rings. The highest BCUT2D eigenvalue weighted by atomic mass is 16.5. The van der Waals surface area contributed by atoms with E-state index in [9.17, 15) is 33.6 Å². The molecule has 18 nitrogen and oxygen atoms in total. The number of hydrogen-bond donors (Lipinski definition) is 4. The molecule has 352 valence electrons. The molecule has 3 aromatic rings. The first-order chi connectivity index (χ1) is 31.0. The number of aryl methyl sites for hydroxylation is 1. The Morgan fingerprint density at radius 3 is 2.28 bits per heavy atom. The SMILES string of the molecule is CC(=O)OC(C(=O)N1CCC[C@H]1C(=O)NC(C)(C)C)C(Cc1ccccc1)NC(=O)[C@H](CC(N)=O)NC(=O)COc1ccc(N(C)C(=O)Cc2cccn2CCCN2CCOCC2)cc1. The molecule has 0 aliphatic carbocycles. The van der Waals surface area contributed by atoms with E-state index in [-0.39, 0.29) is 31.2 Å². The van der Waals surface area contributed by atoms with Gasteiger partial charge in [-0.3, -0.25) is 38.5 Å². The van der Waals surface area contributed by atoms with Crippen molar-refractivity contribution in [3.8, 4) is 5.75 Å². The number of primary amides is 1. The molecular formula is C47H64N8O10. The van der Waals surface area contributed by atoms with Crippen molar-refractivity contribution in [2.75, 3.05) is 57.9 Å². The van der Waals surface area contributed by atoms with Gasteiger partial charge in [0.2, 0.25) is 29.7 Å². The van der Waals surface area contributed by atoms with Crippen LogP contribution in [0.2, 0.25) is 0 Å². The number of nitrogens with one attached hydrogen (secondary N) is 3. The van der Waals surface area contributed by atoms with E-state index < -0.39 is 72.4 Å². The van der Waals surface area contributed by atoms with Gasteiger partial charge in [-0.2, -0.15) is 0 Å². The van der Waals surface area contributed by atoms with E-state index >= 15 is 0 Å². The van der Waals surface area contributed by atoms with Gasteiger partial charge in [-0.05, 0) is 88.4 Å². The van der Waals surface area contributed by atoms with E-state index in [1.54, 1.807) is 66.5 Å². The maximum atomic E-state index is 14.3. The van der Waals surface area contributed by atoms with Crippen LogP contribution in [0.1, 0.15) is 64.6 Å². The predicted molar refractivity (Wildman–Crippen MR) is 241 cm³/mol. The lowest BCUT2D eigenvalue weighted by Crippen LogP contribution is -2.60. The number of benzene rings is 2. The molecule has 18 heteroatoms. The third kappa shape index (κ3) is 15.4. The Bertz CT molecular complexity index is 2100. The summed E-state index contributed by atoms with van der Waals surface area (Å²) in [4.78, 5) is 98.1. The average molecular weight is 901 g/mol.